The fourth-order valence-corrected chi connectivity index (χ4v) is 5.60. The zero-order valence-electron chi connectivity index (χ0n) is 18.0. The Bertz CT molecular complexity index is 1210. The van der Waals surface area contributed by atoms with Crippen LogP contribution in [0.1, 0.15) is 29.0 Å². The van der Waals surface area contributed by atoms with Gasteiger partial charge in [0, 0.05) is 49.7 Å². The summed E-state index contributed by atoms with van der Waals surface area (Å²) < 4.78 is 33.2. The number of hydrogen-bond acceptors (Lipinski definition) is 6. The van der Waals surface area contributed by atoms with Gasteiger partial charge >= 0.3 is 0 Å². The van der Waals surface area contributed by atoms with E-state index in [2.05, 4.69) is 10.1 Å². The molecule has 0 aliphatic carbocycles. The lowest BCUT2D eigenvalue weighted by atomic mass is 10.1. The van der Waals surface area contributed by atoms with Gasteiger partial charge in [0.05, 0.1) is 11.2 Å². The van der Waals surface area contributed by atoms with E-state index < -0.39 is 10.0 Å². The largest absolute Gasteiger partial charge is 0.361 e. The summed E-state index contributed by atoms with van der Waals surface area (Å²) in [6, 6.07) is 7.13. The molecule has 0 atom stereocenters. The molecule has 1 saturated heterocycles. The van der Waals surface area contributed by atoms with Crippen LogP contribution in [0.2, 0.25) is 0 Å². The number of carbonyl (C=O) groups is 1. The molecule has 0 unspecified atom stereocenters. The summed E-state index contributed by atoms with van der Waals surface area (Å²) in [6.07, 6.45) is 2.60. The zero-order chi connectivity index (χ0) is 22.2. The van der Waals surface area contributed by atoms with Crippen molar-refractivity contribution in [2.24, 2.45) is 0 Å². The van der Waals surface area contributed by atoms with Crippen LogP contribution in [0, 0.1) is 20.8 Å². The highest BCUT2D eigenvalue weighted by molar-refractivity contribution is 7.89. The van der Waals surface area contributed by atoms with Crippen LogP contribution < -0.4 is 0 Å². The lowest BCUT2D eigenvalue weighted by Crippen LogP contribution is -2.50. The highest BCUT2D eigenvalue weighted by Crippen LogP contribution is 2.26. The molecular formula is C22H26N4O4S. The molecule has 1 aliphatic heterocycles. The molecule has 1 aliphatic rings. The highest BCUT2D eigenvalue weighted by atomic mass is 32.2. The summed E-state index contributed by atoms with van der Waals surface area (Å²) in [5, 5.41) is 4.72. The maximum atomic E-state index is 13.3. The van der Waals surface area contributed by atoms with Gasteiger partial charge in [0.2, 0.25) is 15.9 Å². The Morgan fingerprint density at radius 3 is 2.55 bits per heavy atom. The summed E-state index contributed by atoms with van der Waals surface area (Å²) in [4.78, 5) is 19.0. The van der Waals surface area contributed by atoms with Crippen LogP contribution in [-0.4, -0.2) is 59.8 Å². The molecule has 1 amide bonds. The van der Waals surface area contributed by atoms with Crippen molar-refractivity contribution in [3.8, 4) is 0 Å². The Balaban J connectivity index is 1.43. The van der Waals surface area contributed by atoms with E-state index in [0.29, 0.717) is 31.4 Å². The van der Waals surface area contributed by atoms with Crippen molar-refractivity contribution >= 4 is 26.8 Å². The van der Waals surface area contributed by atoms with E-state index >= 15 is 0 Å². The number of sulfonamides is 1. The number of fused-ring (bicyclic) bond motifs is 1. The number of carbonyl (C=O) groups excluding carboxylic acids is 1. The van der Waals surface area contributed by atoms with Gasteiger partial charge in [-0.1, -0.05) is 17.3 Å². The third kappa shape index (κ3) is 4.20. The summed E-state index contributed by atoms with van der Waals surface area (Å²) >= 11 is 0. The molecule has 1 fully saturated rings. The van der Waals surface area contributed by atoms with Crippen molar-refractivity contribution in [2.75, 3.05) is 26.2 Å². The molecule has 1 aromatic carbocycles. The molecule has 2 aromatic heterocycles. The standard InChI is InChI=1S/C22H26N4O4S/c1-15-13-18-5-4-6-20(22(18)23-14-15)31(28,29)26-11-9-25(10-12-26)21(27)8-7-19-16(2)24-30-17(19)3/h4-6,13-14H,7-12H2,1-3H3. The molecule has 9 heteroatoms. The van der Waals surface area contributed by atoms with Crippen molar-refractivity contribution in [1.82, 2.24) is 19.3 Å². The molecule has 8 nitrogen and oxygen atoms in total. The molecule has 0 saturated carbocycles. The predicted octanol–water partition coefficient (Wildman–Crippen LogP) is 2.61. The smallest absolute Gasteiger partial charge is 0.245 e. The minimum atomic E-state index is -3.70. The Labute approximate surface area is 181 Å². The Morgan fingerprint density at radius 1 is 1.13 bits per heavy atom. The first-order valence-corrected chi connectivity index (χ1v) is 11.8. The quantitative estimate of drug-likeness (QED) is 0.603. The Hall–Kier alpha value is -2.78. The number of amides is 1. The van der Waals surface area contributed by atoms with Gasteiger partial charge in [-0.3, -0.25) is 9.78 Å². The van der Waals surface area contributed by atoms with Gasteiger partial charge in [0.25, 0.3) is 0 Å². The van der Waals surface area contributed by atoms with Crippen LogP contribution in [0.3, 0.4) is 0 Å². The number of aromatic nitrogens is 2. The van der Waals surface area contributed by atoms with Crippen LogP contribution in [-0.2, 0) is 21.2 Å². The molecule has 3 heterocycles. The first-order chi connectivity index (χ1) is 14.8. The van der Waals surface area contributed by atoms with E-state index in [4.69, 9.17) is 4.52 Å². The van der Waals surface area contributed by atoms with Crippen LogP contribution >= 0.6 is 0 Å². The third-order valence-electron chi connectivity index (χ3n) is 5.79. The van der Waals surface area contributed by atoms with Gasteiger partial charge in [-0.25, -0.2) is 8.42 Å². The van der Waals surface area contributed by atoms with Crippen LogP contribution in [0.5, 0.6) is 0 Å². The van der Waals surface area contributed by atoms with E-state index in [0.717, 1.165) is 28.0 Å². The third-order valence-corrected chi connectivity index (χ3v) is 7.72. The summed E-state index contributed by atoms with van der Waals surface area (Å²) in [6.45, 7) is 6.91. The number of para-hydroxylation sites is 1. The van der Waals surface area contributed by atoms with Crippen molar-refractivity contribution in [3.05, 3.63) is 53.0 Å². The van der Waals surface area contributed by atoms with Gasteiger partial charge in [-0.2, -0.15) is 4.31 Å². The number of nitrogens with zero attached hydrogens (tertiary/aromatic N) is 4. The average Bonchev–Trinajstić information content (AvgIpc) is 3.08. The number of aryl methyl sites for hydroxylation is 3. The van der Waals surface area contributed by atoms with Crippen molar-refractivity contribution in [3.63, 3.8) is 0 Å². The van der Waals surface area contributed by atoms with Gasteiger partial charge in [-0.05, 0) is 44.9 Å². The average molecular weight is 443 g/mol. The molecule has 0 N–H and O–H groups in total. The number of benzene rings is 1. The van der Waals surface area contributed by atoms with E-state index in [1.165, 1.54) is 4.31 Å². The fourth-order valence-electron chi connectivity index (χ4n) is 4.02. The minimum absolute atomic E-state index is 0.0133. The Kier molecular flexibility index (Phi) is 5.81. The van der Waals surface area contributed by atoms with Crippen molar-refractivity contribution in [2.45, 2.75) is 38.5 Å². The lowest BCUT2D eigenvalue weighted by Gasteiger charge is -2.34. The highest BCUT2D eigenvalue weighted by Gasteiger charge is 2.31. The molecule has 4 rings (SSSR count). The summed E-state index contributed by atoms with van der Waals surface area (Å²) in [5.74, 6) is 0.749. The number of rotatable bonds is 5. The van der Waals surface area contributed by atoms with Gasteiger partial charge in [-0.15, -0.1) is 0 Å². The maximum absolute atomic E-state index is 13.3. The second-order valence-corrected chi connectivity index (χ2v) is 9.83. The molecule has 31 heavy (non-hydrogen) atoms. The maximum Gasteiger partial charge on any atom is 0.245 e. The molecule has 0 spiro atoms. The normalized spacial score (nSPS) is 15.5. The topological polar surface area (TPSA) is 96.6 Å². The number of pyridine rings is 1. The number of hydrogen-bond donors (Lipinski definition) is 0. The monoisotopic (exact) mass is 442 g/mol. The minimum Gasteiger partial charge on any atom is -0.361 e. The molecule has 0 radical (unpaired) electrons. The fraction of sp³-hybridized carbons (Fsp3) is 0.409. The SMILES string of the molecule is Cc1cnc2c(S(=O)(=O)N3CCN(C(=O)CCc4c(C)noc4C)CC3)cccc2c1. The molecular weight excluding hydrogens is 416 g/mol. The lowest BCUT2D eigenvalue weighted by molar-refractivity contribution is -0.132. The van der Waals surface area contributed by atoms with Crippen LogP contribution in [0.15, 0.2) is 39.9 Å². The first kappa shape index (κ1) is 21.5. The molecule has 3 aromatic rings. The van der Waals surface area contributed by atoms with Gasteiger partial charge < -0.3 is 9.42 Å². The van der Waals surface area contributed by atoms with Crippen molar-refractivity contribution < 1.29 is 17.7 Å². The van der Waals surface area contributed by atoms with E-state index in [1.54, 1.807) is 23.2 Å². The van der Waals surface area contributed by atoms with Crippen molar-refractivity contribution in [1.29, 1.82) is 0 Å². The van der Waals surface area contributed by atoms with Gasteiger partial charge in [0.15, 0.2) is 0 Å². The van der Waals surface area contributed by atoms with Crippen LogP contribution in [0.4, 0.5) is 0 Å². The number of piperazine rings is 1. The van der Waals surface area contributed by atoms with E-state index in [-0.39, 0.29) is 23.9 Å². The molecule has 0 bridgehead atoms. The first-order valence-electron chi connectivity index (χ1n) is 10.3. The predicted molar refractivity (Wildman–Crippen MR) is 116 cm³/mol. The summed E-state index contributed by atoms with van der Waals surface area (Å²) in [5.41, 5.74) is 3.23. The van der Waals surface area contributed by atoms with E-state index in [1.807, 2.05) is 32.9 Å². The summed E-state index contributed by atoms with van der Waals surface area (Å²) in [7, 11) is -3.70. The molecule has 164 valence electrons. The second-order valence-electron chi connectivity index (χ2n) is 7.93. The Morgan fingerprint density at radius 2 is 1.87 bits per heavy atom. The van der Waals surface area contributed by atoms with E-state index in [9.17, 15) is 13.2 Å². The second kappa shape index (κ2) is 8.39. The van der Waals surface area contributed by atoms with Crippen LogP contribution in [0.25, 0.3) is 10.9 Å². The zero-order valence-corrected chi connectivity index (χ0v) is 18.8. The van der Waals surface area contributed by atoms with Gasteiger partial charge in [0.1, 0.15) is 10.7 Å².